The average Bonchev–Trinajstić information content (AvgIpc) is 3.11. The molecule has 0 fully saturated rings. The molecule has 0 saturated heterocycles. The number of carbonyl (C=O) groups excluding carboxylic acids is 1. The quantitative estimate of drug-likeness (QED) is 0.614. The summed E-state index contributed by atoms with van der Waals surface area (Å²) in [4.78, 5) is 16.1. The van der Waals surface area contributed by atoms with Crippen LogP contribution in [0, 0.1) is 17.1 Å². The Morgan fingerprint density at radius 1 is 1.21 bits per heavy atom. The predicted molar refractivity (Wildman–Crippen MR) is 109 cm³/mol. The highest BCUT2D eigenvalue weighted by atomic mass is 19.1. The van der Waals surface area contributed by atoms with E-state index in [2.05, 4.69) is 20.5 Å². The van der Waals surface area contributed by atoms with E-state index in [9.17, 15) is 9.18 Å². The number of nitriles is 1. The van der Waals surface area contributed by atoms with E-state index >= 15 is 0 Å². The van der Waals surface area contributed by atoms with E-state index < -0.39 is 5.54 Å². The minimum atomic E-state index is -0.976. The Bertz CT molecular complexity index is 985. The number of nitrogens with two attached hydrogens (primary N) is 1. The summed E-state index contributed by atoms with van der Waals surface area (Å²) < 4.78 is 13.3. The summed E-state index contributed by atoms with van der Waals surface area (Å²) in [5, 5.41) is 17.5. The van der Waals surface area contributed by atoms with Crippen LogP contribution >= 0.6 is 0 Å². The lowest BCUT2D eigenvalue weighted by Gasteiger charge is -2.17. The summed E-state index contributed by atoms with van der Waals surface area (Å²) in [5.74, 6) is -0.580. The smallest absolute Gasteiger partial charge is 0.239 e. The highest BCUT2D eigenvalue weighted by Crippen LogP contribution is 2.33. The highest BCUT2D eigenvalue weighted by molar-refractivity contribution is 5.86. The molecule has 3 aromatic rings. The first-order chi connectivity index (χ1) is 13.8. The Morgan fingerprint density at radius 2 is 1.79 bits per heavy atom. The van der Waals surface area contributed by atoms with Gasteiger partial charge in [0, 0.05) is 30.4 Å². The Morgan fingerprint density at radius 3 is 2.34 bits per heavy atom. The van der Waals surface area contributed by atoms with Crippen LogP contribution in [0.15, 0.2) is 48.8 Å². The van der Waals surface area contributed by atoms with E-state index in [-0.39, 0.29) is 18.3 Å². The molecule has 0 aliphatic heterocycles. The molecule has 0 spiro atoms. The van der Waals surface area contributed by atoms with Crippen molar-refractivity contribution in [1.29, 1.82) is 5.26 Å². The topological polar surface area (TPSA) is 120 Å². The van der Waals surface area contributed by atoms with Gasteiger partial charge >= 0.3 is 0 Å². The van der Waals surface area contributed by atoms with Crippen molar-refractivity contribution in [3.63, 3.8) is 0 Å². The molecule has 1 aromatic carbocycles. The number of halogens is 1. The third-order valence-corrected chi connectivity index (χ3v) is 3.94. The molecule has 7 nitrogen and oxygen atoms in total. The van der Waals surface area contributed by atoms with Crippen molar-refractivity contribution in [2.75, 3.05) is 0 Å². The summed E-state index contributed by atoms with van der Waals surface area (Å²) >= 11 is 0. The summed E-state index contributed by atoms with van der Waals surface area (Å²) in [7, 11) is 0. The first kappa shape index (κ1) is 21.7. The van der Waals surface area contributed by atoms with E-state index in [0.29, 0.717) is 5.69 Å². The van der Waals surface area contributed by atoms with E-state index in [1.807, 2.05) is 12.1 Å². The van der Waals surface area contributed by atoms with E-state index in [0.717, 1.165) is 22.4 Å². The molecule has 0 bridgehead atoms. The lowest BCUT2D eigenvalue weighted by Crippen LogP contribution is -2.48. The van der Waals surface area contributed by atoms with Crippen LogP contribution in [0.1, 0.15) is 26.5 Å². The monoisotopic (exact) mass is 394 g/mol. The van der Waals surface area contributed by atoms with Crippen LogP contribution in [0.2, 0.25) is 0 Å². The highest BCUT2D eigenvalue weighted by Gasteiger charge is 2.23. The SMILES string of the molecule is CC#N.CC(C)(N)C(=O)NCc1[nH]nc(-c2ccc(F)cc2)c1-c1ccncc1. The molecular formula is C21H23FN6O. The summed E-state index contributed by atoms with van der Waals surface area (Å²) in [6.07, 6.45) is 3.37. The van der Waals surface area contributed by atoms with Crippen LogP contribution in [-0.4, -0.2) is 26.6 Å². The van der Waals surface area contributed by atoms with Gasteiger partial charge in [-0.15, -0.1) is 0 Å². The van der Waals surface area contributed by atoms with Crippen molar-refractivity contribution in [2.45, 2.75) is 32.9 Å². The molecule has 0 aliphatic carbocycles. The van der Waals surface area contributed by atoms with Crippen molar-refractivity contribution < 1.29 is 9.18 Å². The Balaban J connectivity index is 0.000000941. The van der Waals surface area contributed by atoms with Crippen molar-refractivity contribution in [2.24, 2.45) is 5.73 Å². The van der Waals surface area contributed by atoms with Crippen molar-refractivity contribution in [3.8, 4) is 28.5 Å². The maximum atomic E-state index is 13.3. The zero-order valence-corrected chi connectivity index (χ0v) is 16.5. The van der Waals surface area contributed by atoms with E-state index in [1.165, 1.54) is 19.1 Å². The lowest BCUT2D eigenvalue weighted by atomic mass is 9.99. The van der Waals surface area contributed by atoms with Gasteiger partial charge in [0.05, 0.1) is 23.8 Å². The van der Waals surface area contributed by atoms with Gasteiger partial charge in [0.2, 0.25) is 5.91 Å². The summed E-state index contributed by atoms with van der Waals surface area (Å²) in [5.41, 5.74) is 8.74. The molecule has 4 N–H and O–H groups in total. The molecule has 0 aliphatic rings. The van der Waals surface area contributed by atoms with Crippen LogP contribution in [0.25, 0.3) is 22.4 Å². The van der Waals surface area contributed by atoms with E-state index in [4.69, 9.17) is 11.0 Å². The zero-order chi connectivity index (χ0) is 21.4. The minimum absolute atomic E-state index is 0.241. The van der Waals surface area contributed by atoms with Gasteiger partial charge in [-0.3, -0.25) is 14.9 Å². The minimum Gasteiger partial charge on any atom is -0.349 e. The van der Waals surface area contributed by atoms with Gasteiger partial charge in [0.15, 0.2) is 0 Å². The second-order valence-electron chi connectivity index (χ2n) is 6.80. The normalized spacial score (nSPS) is 10.5. The number of nitrogens with zero attached hydrogens (tertiary/aromatic N) is 3. The number of H-pyrrole nitrogens is 1. The summed E-state index contributed by atoms with van der Waals surface area (Å²) in [6.45, 7) is 4.96. The average molecular weight is 394 g/mol. The molecule has 0 atom stereocenters. The molecule has 0 saturated carbocycles. The molecule has 3 rings (SSSR count). The van der Waals surface area contributed by atoms with Crippen molar-refractivity contribution in [3.05, 3.63) is 60.3 Å². The first-order valence-corrected chi connectivity index (χ1v) is 8.89. The number of aromatic amines is 1. The molecule has 150 valence electrons. The van der Waals surface area contributed by atoms with Crippen LogP contribution in [0.3, 0.4) is 0 Å². The van der Waals surface area contributed by atoms with Crippen LogP contribution in [-0.2, 0) is 11.3 Å². The Kier molecular flexibility index (Phi) is 7.17. The van der Waals surface area contributed by atoms with Gasteiger partial charge in [0.1, 0.15) is 11.5 Å². The predicted octanol–water partition coefficient (Wildman–Crippen LogP) is 3.16. The van der Waals surface area contributed by atoms with Crippen molar-refractivity contribution in [1.82, 2.24) is 20.5 Å². The lowest BCUT2D eigenvalue weighted by molar-refractivity contribution is -0.125. The van der Waals surface area contributed by atoms with Crippen LogP contribution in [0.5, 0.6) is 0 Å². The molecule has 2 aromatic heterocycles. The van der Waals surface area contributed by atoms with Gasteiger partial charge < -0.3 is 11.1 Å². The van der Waals surface area contributed by atoms with Gasteiger partial charge in [-0.25, -0.2) is 4.39 Å². The number of carbonyl (C=O) groups is 1. The number of aromatic nitrogens is 3. The fourth-order valence-corrected chi connectivity index (χ4v) is 2.55. The number of rotatable bonds is 5. The van der Waals surface area contributed by atoms with Crippen molar-refractivity contribution >= 4 is 5.91 Å². The maximum Gasteiger partial charge on any atom is 0.239 e. The van der Waals surface area contributed by atoms with Crippen LogP contribution in [0.4, 0.5) is 4.39 Å². The molecule has 8 heteroatoms. The second kappa shape index (κ2) is 9.57. The van der Waals surface area contributed by atoms with Gasteiger partial charge in [-0.05, 0) is 55.8 Å². The number of amides is 1. The Hall–Kier alpha value is -3.57. The number of benzene rings is 1. The van der Waals surface area contributed by atoms with Gasteiger partial charge in [-0.2, -0.15) is 10.4 Å². The molecule has 29 heavy (non-hydrogen) atoms. The first-order valence-electron chi connectivity index (χ1n) is 8.89. The molecule has 0 radical (unpaired) electrons. The number of nitrogens with one attached hydrogen (secondary N) is 2. The Labute approximate surface area is 168 Å². The third-order valence-electron chi connectivity index (χ3n) is 3.94. The van der Waals surface area contributed by atoms with E-state index in [1.54, 1.807) is 44.4 Å². The fraction of sp³-hybridized carbons (Fsp3) is 0.238. The standard InChI is InChI=1S/C19H20FN5O.C2H3N/c1-19(2,21)18(26)23-11-15-16(12-7-9-22-10-8-12)17(25-24-15)13-3-5-14(20)6-4-13;1-2-3/h3-10H,11,21H2,1-2H3,(H,23,26)(H,24,25);1H3. The zero-order valence-electron chi connectivity index (χ0n) is 16.5. The molecular weight excluding hydrogens is 371 g/mol. The fourth-order valence-electron chi connectivity index (χ4n) is 2.55. The van der Waals surface area contributed by atoms with Gasteiger partial charge in [-0.1, -0.05) is 0 Å². The van der Waals surface area contributed by atoms with Gasteiger partial charge in [0.25, 0.3) is 0 Å². The molecule has 2 heterocycles. The largest absolute Gasteiger partial charge is 0.349 e. The number of hydrogen-bond acceptors (Lipinski definition) is 5. The summed E-state index contributed by atoms with van der Waals surface area (Å²) in [6, 6.07) is 11.6. The molecule has 1 amide bonds. The second-order valence-corrected chi connectivity index (χ2v) is 6.80. The third kappa shape index (κ3) is 5.70. The maximum absolute atomic E-state index is 13.3. The molecule has 0 unspecified atom stereocenters. The number of hydrogen-bond donors (Lipinski definition) is 3. The number of pyridine rings is 1. The van der Waals surface area contributed by atoms with Crippen LogP contribution < -0.4 is 11.1 Å².